The van der Waals surface area contributed by atoms with Crippen LogP contribution in [0.1, 0.15) is 33.3 Å². The monoisotopic (exact) mass is 418 g/mol. The number of thioether (sulfide) groups is 1. The van der Waals surface area contributed by atoms with Crippen molar-refractivity contribution >= 4 is 35.2 Å². The summed E-state index contributed by atoms with van der Waals surface area (Å²) in [5, 5.41) is 3.57. The maximum atomic E-state index is 13.0. The first-order valence-electron chi connectivity index (χ1n) is 9.19. The largest absolute Gasteiger partial charge is 0.350 e. The summed E-state index contributed by atoms with van der Waals surface area (Å²) in [6.07, 6.45) is 0. The minimum atomic E-state index is -0.595. The predicted molar refractivity (Wildman–Crippen MR) is 117 cm³/mol. The molecule has 0 spiro atoms. The summed E-state index contributed by atoms with van der Waals surface area (Å²) in [6.45, 7) is 7.86. The van der Waals surface area contributed by atoms with Gasteiger partial charge in [-0.2, -0.15) is 0 Å². The highest BCUT2D eigenvalue weighted by Crippen LogP contribution is 2.20. The second kappa shape index (κ2) is 9.99. The van der Waals surface area contributed by atoms with Crippen LogP contribution in [-0.2, 0) is 16.1 Å². The van der Waals surface area contributed by atoms with Gasteiger partial charge < -0.3 is 10.2 Å². The van der Waals surface area contributed by atoms with E-state index in [2.05, 4.69) is 5.32 Å². The van der Waals surface area contributed by atoms with Gasteiger partial charge in [0.2, 0.25) is 11.8 Å². The van der Waals surface area contributed by atoms with Gasteiger partial charge in [-0.05, 0) is 57.5 Å². The molecule has 0 aliphatic rings. The van der Waals surface area contributed by atoms with Crippen molar-refractivity contribution in [1.82, 2.24) is 10.2 Å². The minimum Gasteiger partial charge on any atom is -0.350 e. The normalized spacial score (nSPS) is 12.3. The molecule has 0 bridgehead atoms. The lowest BCUT2D eigenvalue weighted by Gasteiger charge is -2.31. The molecule has 0 unspecified atom stereocenters. The lowest BCUT2D eigenvalue weighted by molar-refractivity contribution is -0.139. The van der Waals surface area contributed by atoms with Gasteiger partial charge in [-0.25, -0.2) is 0 Å². The van der Waals surface area contributed by atoms with Crippen molar-refractivity contribution in [1.29, 1.82) is 0 Å². The molecule has 0 aliphatic heterocycles. The fraction of sp³-hybridized carbons (Fsp3) is 0.364. The Hall–Kier alpha value is -1.98. The van der Waals surface area contributed by atoms with Crippen LogP contribution in [0.3, 0.4) is 0 Å². The molecule has 2 aromatic carbocycles. The van der Waals surface area contributed by atoms with Gasteiger partial charge in [0.25, 0.3) is 0 Å². The zero-order chi connectivity index (χ0) is 20.7. The van der Waals surface area contributed by atoms with Crippen LogP contribution in [0.5, 0.6) is 0 Å². The Morgan fingerprint density at radius 1 is 1.11 bits per heavy atom. The van der Waals surface area contributed by atoms with Crippen LogP contribution in [0.25, 0.3) is 0 Å². The molecule has 0 saturated heterocycles. The maximum absolute atomic E-state index is 13.0. The highest BCUT2D eigenvalue weighted by atomic mass is 35.5. The van der Waals surface area contributed by atoms with Gasteiger partial charge in [-0.1, -0.05) is 41.9 Å². The molecule has 1 atom stereocenters. The zero-order valence-corrected chi connectivity index (χ0v) is 18.3. The fourth-order valence-electron chi connectivity index (χ4n) is 2.63. The Balaban J connectivity index is 2.16. The van der Waals surface area contributed by atoms with E-state index >= 15 is 0 Å². The molecule has 2 amide bonds. The average molecular weight is 419 g/mol. The number of nitrogens with zero attached hydrogens (tertiary/aromatic N) is 1. The summed E-state index contributed by atoms with van der Waals surface area (Å²) in [5.74, 6) is -0.00414. The molecule has 2 rings (SSSR count). The lowest BCUT2D eigenvalue weighted by Crippen LogP contribution is -2.52. The second-order valence-corrected chi connectivity index (χ2v) is 9.15. The highest BCUT2D eigenvalue weighted by molar-refractivity contribution is 8.00. The van der Waals surface area contributed by atoms with E-state index in [9.17, 15) is 9.59 Å². The van der Waals surface area contributed by atoms with E-state index < -0.39 is 6.04 Å². The smallest absolute Gasteiger partial charge is 0.242 e. The molecule has 0 aromatic heterocycles. The van der Waals surface area contributed by atoms with Gasteiger partial charge in [0.05, 0.1) is 5.75 Å². The number of benzene rings is 2. The molecular formula is C22H27ClN2O2S. The Morgan fingerprint density at radius 2 is 1.79 bits per heavy atom. The van der Waals surface area contributed by atoms with Crippen molar-refractivity contribution in [2.45, 2.75) is 50.7 Å². The van der Waals surface area contributed by atoms with Crippen molar-refractivity contribution < 1.29 is 9.59 Å². The zero-order valence-electron chi connectivity index (χ0n) is 16.7. The SMILES string of the molecule is C[C@H](C(=O)NC(C)(C)C)N(Cc1cccc(Cl)c1)C(=O)CSc1ccccc1. The third-order valence-electron chi connectivity index (χ3n) is 4.01. The summed E-state index contributed by atoms with van der Waals surface area (Å²) in [4.78, 5) is 28.3. The number of halogens is 1. The number of rotatable bonds is 7. The van der Waals surface area contributed by atoms with Crippen molar-refractivity contribution in [3.8, 4) is 0 Å². The van der Waals surface area contributed by atoms with E-state index in [1.165, 1.54) is 11.8 Å². The Kier molecular flexibility index (Phi) is 7.96. The van der Waals surface area contributed by atoms with Gasteiger partial charge in [0.15, 0.2) is 0 Å². The number of hydrogen-bond donors (Lipinski definition) is 1. The second-order valence-electron chi connectivity index (χ2n) is 7.67. The Bertz CT molecular complexity index is 806. The number of hydrogen-bond acceptors (Lipinski definition) is 3. The fourth-order valence-corrected chi connectivity index (χ4v) is 3.65. The number of carbonyl (C=O) groups excluding carboxylic acids is 2. The van der Waals surface area contributed by atoms with Crippen LogP contribution in [0.15, 0.2) is 59.5 Å². The molecule has 150 valence electrons. The summed E-state index contributed by atoms with van der Waals surface area (Å²) in [6, 6.07) is 16.5. The molecule has 0 radical (unpaired) electrons. The van der Waals surface area contributed by atoms with Gasteiger partial charge >= 0.3 is 0 Å². The van der Waals surface area contributed by atoms with Gasteiger partial charge in [0.1, 0.15) is 6.04 Å². The quantitative estimate of drug-likeness (QED) is 0.659. The van der Waals surface area contributed by atoms with Crippen LogP contribution >= 0.6 is 23.4 Å². The molecule has 0 heterocycles. The molecule has 4 nitrogen and oxygen atoms in total. The van der Waals surface area contributed by atoms with E-state index in [0.29, 0.717) is 11.6 Å². The molecule has 1 N–H and O–H groups in total. The van der Waals surface area contributed by atoms with Gasteiger partial charge in [0, 0.05) is 22.0 Å². The Morgan fingerprint density at radius 3 is 2.39 bits per heavy atom. The summed E-state index contributed by atoms with van der Waals surface area (Å²) in [5.41, 5.74) is 0.524. The number of amides is 2. The summed E-state index contributed by atoms with van der Waals surface area (Å²) < 4.78 is 0. The van der Waals surface area contributed by atoms with E-state index in [1.807, 2.05) is 69.3 Å². The van der Waals surface area contributed by atoms with E-state index in [-0.39, 0.29) is 23.1 Å². The maximum Gasteiger partial charge on any atom is 0.242 e. The van der Waals surface area contributed by atoms with Crippen molar-refractivity contribution in [3.05, 3.63) is 65.2 Å². The standard InChI is InChI=1S/C22H27ClN2O2S/c1-16(21(27)24-22(2,3)4)25(14-17-9-8-10-18(23)13-17)20(26)15-28-19-11-6-5-7-12-19/h5-13,16H,14-15H2,1-4H3,(H,24,27)/t16-/m1/s1. The molecular weight excluding hydrogens is 392 g/mol. The molecule has 2 aromatic rings. The highest BCUT2D eigenvalue weighted by Gasteiger charge is 2.28. The van der Waals surface area contributed by atoms with Crippen LogP contribution in [-0.4, -0.2) is 34.0 Å². The third-order valence-corrected chi connectivity index (χ3v) is 5.24. The van der Waals surface area contributed by atoms with Crippen LogP contribution in [0, 0.1) is 0 Å². The van der Waals surface area contributed by atoms with Gasteiger partial charge in [-0.15, -0.1) is 11.8 Å². The van der Waals surface area contributed by atoms with E-state index in [0.717, 1.165) is 10.5 Å². The van der Waals surface area contributed by atoms with Crippen LogP contribution in [0.4, 0.5) is 0 Å². The topological polar surface area (TPSA) is 49.4 Å². The molecule has 0 fully saturated rings. The average Bonchev–Trinajstić information content (AvgIpc) is 2.63. The number of carbonyl (C=O) groups is 2. The van der Waals surface area contributed by atoms with E-state index in [1.54, 1.807) is 17.9 Å². The number of nitrogens with one attached hydrogen (secondary N) is 1. The summed E-state index contributed by atoms with van der Waals surface area (Å²) >= 11 is 7.56. The first kappa shape index (κ1) is 22.3. The first-order chi connectivity index (χ1) is 13.2. The lowest BCUT2D eigenvalue weighted by atomic mass is 10.1. The first-order valence-corrected chi connectivity index (χ1v) is 10.6. The van der Waals surface area contributed by atoms with Crippen LogP contribution < -0.4 is 5.32 Å². The van der Waals surface area contributed by atoms with Crippen molar-refractivity contribution in [2.75, 3.05) is 5.75 Å². The molecule has 0 aliphatic carbocycles. The summed E-state index contributed by atoms with van der Waals surface area (Å²) in [7, 11) is 0. The molecule has 0 saturated carbocycles. The van der Waals surface area contributed by atoms with Crippen LogP contribution in [0.2, 0.25) is 5.02 Å². The Labute approximate surface area is 176 Å². The van der Waals surface area contributed by atoms with Gasteiger partial charge in [-0.3, -0.25) is 9.59 Å². The van der Waals surface area contributed by atoms with Crippen molar-refractivity contribution in [2.24, 2.45) is 0 Å². The molecule has 6 heteroatoms. The predicted octanol–water partition coefficient (Wildman–Crippen LogP) is 4.76. The molecule has 28 heavy (non-hydrogen) atoms. The van der Waals surface area contributed by atoms with Crippen molar-refractivity contribution in [3.63, 3.8) is 0 Å². The minimum absolute atomic E-state index is 0.0922. The third kappa shape index (κ3) is 7.21. The van der Waals surface area contributed by atoms with E-state index in [4.69, 9.17) is 11.6 Å².